The second-order valence-corrected chi connectivity index (χ2v) is 10.9. The third kappa shape index (κ3) is 4.22. The van der Waals surface area contributed by atoms with Crippen molar-refractivity contribution in [1.29, 1.82) is 5.26 Å². The maximum Gasteiger partial charge on any atom is 0.270 e. The number of para-hydroxylation sites is 1. The summed E-state index contributed by atoms with van der Waals surface area (Å²) in [6, 6.07) is 13.6. The number of fused-ring (bicyclic) bond motifs is 1. The fourth-order valence-electron chi connectivity index (χ4n) is 5.23. The molecular formula is C29H28N4O2S2. The normalized spacial score (nSPS) is 16.9. The number of amides is 2. The number of benzene rings is 1. The SMILES string of the molecule is CCCN1C(=O)C(=Cc2cc(C)n(-c3sc4c(c3C#N)CCCC4)c2C)C(=O)N(c2ccccc2)C1=S. The van der Waals surface area contributed by atoms with E-state index in [2.05, 4.69) is 10.6 Å². The Hall–Kier alpha value is -3.54. The van der Waals surface area contributed by atoms with Gasteiger partial charge >= 0.3 is 0 Å². The summed E-state index contributed by atoms with van der Waals surface area (Å²) in [6.45, 7) is 6.37. The summed E-state index contributed by atoms with van der Waals surface area (Å²) in [5.41, 5.74) is 5.27. The summed E-state index contributed by atoms with van der Waals surface area (Å²) in [5.74, 6) is -0.805. The minimum absolute atomic E-state index is 0.0807. The predicted octanol–water partition coefficient (Wildman–Crippen LogP) is 5.86. The Morgan fingerprint density at radius 2 is 1.84 bits per heavy atom. The number of hydrogen-bond acceptors (Lipinski definition) is 5. The summed E-state index contributed by atoms with van der Waals surface area (Å²) in [4.78, 5) is 31.4. The first-order valence-electron chi connectivity index (χ1n) is 12.6. The number of nitriles is 1. The molecule has 6 nitrogen and oxygen atoms in total. The van der Waals surface area contributed by atoms with Crippen LogP contribution in [-0.2, 0) is 22.4 Å². The number of aromatic nitrogens is 1. The lowest BCUT2D eigenvalue weighted by Gasteiger charge is -2.36. The highest BCUT2D eigenvalue weighted by molar-refractivity contribution is 7.80. The van der Waals surface area contributed by atoms with Gasteiger partial charge in [0.25, 0.3) is 11.8 Å². The number of rotatable bonds is 5. The van der Waals surface area contributed by atoms with Crippen LogP contribution in [0.4, 0.5) is 5.69 Å². The maximum absolute atomic E-state index is 13.7. The first-order valence-corrected chi connectivity index (χ1v) is 13.8. The number of nitrogens with zero attached hydrogens (tertiary/aromatic N) is 4. The quantitative estimate of drug-likeness (QED) is 0.236. The number of carbonyl (C=O) groups excluding carboxylic acids is 2. The second kappa shape index (κ2) is 10.1. The van der Waals surface area contributed by atoms with Gasteiger partial charge in [0, 0.05) is 22.8 Å². The minimum atomic E-state index is -0.428. The molecule has 0 radical (unpaired) electrons. The molecule has 0 N–H and O–H groups in total. The Kier molecular flexibility index (Phi) is 6.84. The summed E-state index contributed by atoms with van der Waals surface area (Å²) >= 11 is 7.29. The molecule has 1 aromatic carbocycles. The molecule has 5 rings (SSSR count). The van der Waals surface area contributed by atoms with Gasteiger partial charge in [-0.2, -0.15) is 5.26 Å². The molecule has 3 aromatic rings. The molecule has 1 saturated heterocycles. The number of thiophene rings is 1. The maximum atomic E-state index is 13.7. The van der Waals surface area contributed by atoms with Crippen molar-refractivity contribution in [3.05, 3.63) is 74.9 Å². The minimum Gasteiger partial charge on any atom is -0.308 e. The van der Waals surface area contributed by atoms with E-state index in [4.69, 9.17) is 12.2 Å². The highest BCUT2D eigenvalue weighted by Crippen LogP contribution is 2.38. The summed E-state index contributed by atoms with van der Waals surface area (Å²) in [6.07, 6.45) is 6.61. The fourth-order valence-corrected chi connectivity index (χ4v) is 7.04. The number of carbonyl (C=O) groups is 2. The molecule has 37 heavy (non-hydrogen) atoms. The van der Waals surface area contributed by atoms with Crippen LogP contribution in [0.15, 0.2) is 42.0 Å². The van der Waals surface area contributed by atoms with Crippen LogP contribution < -0.4 is 4.90 Å². The molecule has 0 bridgehead atoms. The molecule has 0 saturated carbocycles. The topological polar surface area (TPSA) is 69.3 Å². The molecule has 2 aliphatic rings. The van der Waals surface area contributed by atoms with Crippen molar-refractivity contribution in [3.63, 3.8) is 0 Å². The van der Waals surface area contributed by atoms with Gasteiger partial charge in [-0.15, -0.1) is 11.3 Å². The monoisotopic (exact) mass is 528 g/mol. The molecule has 1 aliphatic carbocycles. The lowest BCUT2D eigenvalue weighted by atomic mass is 9.96. The van der Waals surface area contributed by atoms with Gasteiger partial charge in [0.05, 0.1) is 11.3 Å². The molecule has 2 amide bonds. The first-order chi connectivity index (χ1) is 17.9. The van der Waals surface area contributed by atoms with Crippen LogP contribution in [0.5, 0.6) is 0 Å². The Balaban J connectivity index is 1.62. The lowest BCUT2D eigenvalue weighted by Crippen LogP contribution is -2.56. The van der Waals surface area contributed by atoms with Gasteiger partial charge < -0.3 is 4.57 Å². The van der Waals surface area contributed by atoms with Crippen LogP contribution in [0.1, 0.15) is 59.1 Å². The number of aryl methyl sites for hydroxylation is 2. The number of anilines is 1. The van der Waals surface area contributed by atoms with Gasteiger partial charge in [-0.1, -0.05) is 25.1 Å². The molecule has 0 atom stereocenters. The molecule has 3 heterocycles. The van der Waals surface area contributed by atoms with Crippen LogP contribution in [0.3, 0.4) is 0 Å². The van der Waals surface area contributed by atoms with Crippen molar-refractivity contribution >= 4 is 52.2 Å². The van der Waals surface area contributed by atoms with Crippen LogP contribution in [-0.4, -0.2) is 32.9 Å². The highest BCUT2D eigenvalue weighted by Gasteiger charge is 2.40. The first kappa shape index (κ1) is 25.1. The van der Waals surface area contributed by atoms with Gasteiger partial charge in [-0.25, -0.2) is 0 Å². The van der Waals surface area contributed by atoms with Crippen molar-refractivity contribution < 1.29 is 9.59 Å². The zero-order chi connectivity index (χ0) is 26.3. The van der Waals surface area contributed by atoms with Crippen molar-refractivity contribution in [2.24, 2.45) is 0 Å². The zero-order valence-corrected chi connectivity index (χ0v) is 22.8. The van der Waals surface area contributed by atoms with E-state index in [1.807, 2.05) is 57.2 Å². The molecular weight excluding hydrogens is 500 g/mol. The Morgan fingerprint density at radius 1 is 1.11 bits per heavy atom. The van der Waals surface area contributed by atoms with Crippen molar-refractivity contribution in [2.45, 2.75) is 52.9 Å². The molecule has 8 heteroatoms. The largest absolute Gasteiger partial charge is 0.308 e. The summed E-state index contributed by atoms with van der Waals surface area (Å²) < 4.78 is 2.09. The van der Waals surface area contributed by atoms with E-state index in [1.54, 1.807) is 17.4 Å². The molecule has 0 unspecified atom stereocenters. The van der Waals surface area contributed by atoms with Gasteiger partial charge in [-0.05, 0) is 93.6 Å². The standard InChI is InChI=1S/C29H28N4O2S2/c1-4-14-31-26(34)23(27(35)33(29(31)36)21-10-6-5-7-11-21)16-20-15-18(2)32(19(20)3)28-24(17-30)22-12-8-9-13-25(22)37-28/h5-7,10-11,15-16H,4,8-9,12-14H2,1-3H3. The lowest BCUT2D eigenvalue weighted by molar-refractivity contribution is -0.127. The molecule has 0 spiro atoms. The highest BCUT2D eigenvalue weighted by atomic mass is 32.1. The zero-order valence-electron chi connectivity index (χ0n) is 21.2. The fraction of sp³-hybridized carbons (Fsp3) is 0.310. The van der Waals surface area contributed by atoms with Gasteiger partial charge in [0.2, 0.25) is 0 Å². The molecule has 1 aliphatic heterocycles. The smallest absolute Gasteiger partial charge is 0.270 e. The van der Waals surface area contributed by atoms with E-state index in [-0.39, 0.29) is 16.6 Å². The van der Waals surface area contributed by atoms with Crippen LogP contribution >= 0.6 is 23.6 Å². The number of hydrogen-bond donors (Lipinski definition) is 0. The second-order valence-electron chi connectivity index (χ2n) is 9.44. The summed E-state index contributed by atoms with van der Waals surface area (Å²) in [5, 5.41) is 11.1. The van der Waals surface area contributed by atoms with Gasteiger partial charge in [0.1, 0.15) is 16.6 Å². The van der Waals surface area contributed by atoms with E-state index < -0.39 is 5.91 Å². The summed E-state index contributed by atoms with van der Waals surface area (Å²) in [7, 11) is 0. The molecule has 2 aromatic heterocycles. The van der Waals surface area contributed by atoms with E-state index in [0.717, 1.165) is 53.2 Å². The molecule has 1 fully saturated rings. The predicted molar refractivity (Wildman–Crippen MR) is 151 cm³/mol. The number of thiocarbonyl (C=S) groups is 1. The van der Waals surface area contributed by atoms with Crippen molar-refractivity contribution in [3.8, 4) is 11.1 Å². The van der Waals surface area contributed by atoms with E-state index in [9.17, 15) is 14.9 Å². The Labute approximate surface area is 226 Å². The third-order valence-corrected chi connectivity index (χ3v) is 8.71. The van der Waals surface area contributed by atoms with E-state index >= 15 is 0 Å². The van der Waals surface area contributed by atoms with Crippen molar-refractivity contribution in [2.75, 3.05) is 11.4 Å². The average molecular weight is 529 g/mol. The van der Waals surface area contributed by atoms with Gasteiger partial charge in [0.15, 0.2) is 5.11 Å². The van der Waals surface area contributed by atoms with Gasteiger partial charge in [-0.3, -0.25) is 19.4 Å². The van der Waals surface area contributed by atoms with Crippen LogP contribution in [0.25, 0.3) is 11.1 Å². The Bertz CT molecular complexity index is 1490. The van der Waals surface area contributed by atoms with E-state index in [1.165, 1.54) is 20.2 Å². The third-order valence-electron chi connectivity index (χ3n) is 7.03. The van der Waals surface area contributed by atoms with E-state index in [0.29, 0.717) is 18.7 Å². The van der Waals surface area contributed by atoms with Crippen LogP contribution in [0.2, 0.25) is 0 Å². The average Bonchev–Trinajstić information content (AvgIpc) is 3.40. The Morgan fingerprint density at radius 3 is 2.54 bits per heavy atom. The van der Waals surface area contributed by atoms with Crippen LogP contribution in [0, 0.1) is 25.2 Å². The van der Waals surface area contributed by atoms with Crippen molar-refractivity contribution in [1.82, 2.24) is 9.47 Å². The molecule has 188 valence electrons.